The van der Waals surface area contributed by atoms with Crippen LogP contribution >= 0.6 is 11.6 Å². The van der Waals surface area contributed by atoms with Gasteiger partial charge in [0.2, 0.25) is 5.91 Å². The molecule has 4 nitrogen and oxygen atoms in total. The van der Waals surface area contributed by atoms with Crippen LogP contribution in [-0.2, 0) is 4.79 Å². The fraction of sp³-hybridized carbons (Fsp3) is 0.500. The molecule has 0 spiro atoms. The van der Waals surface area contributed by atoms with E-state index in [4.69, 9.17) is 11.6 Å². The van der Waals surface area contributed by atoms with E-state index >= 15 is 0 Å². The summed E-state index contributed by atoms with van der Waals surface area (Å²) < 4.78 is 0. The summed E-state index contributed by atoms with van der Waals surface area (Å²) in [6.07, 6.45) is 2.89. The van der Waals surface area contributed by atoms with Gasteiger partial charge in [-0.25, -0.2) is 0 Å². The lowest BCUT2D eigenvalue weighted by molar-refractivity contribution is -0.130. The monoisotopic (exact) mass is 306 g/mol. The molecular weight excluding hydrogens is 288 g/mol. The van der Waals surface area contributed by atoms with Gasteiger partial charge in [-0.15, -0.1) is 0 Å². The van der Waals surface area contributed by atoms with Gasteiger partial charge in [0, 0.05) is 43.2 Å². The fourth-order valence-corrected chi connectivity index (χ4v) is 2.78. The molecule has 21 heavy (non-hydrogen) atoms. The summed E-state index contributed by atoms with van der Waals surface area (Å²) >= 11 is 5.84. The molecule has 5 heteroatoms. The van der Waals surface area contributed by atoms with Gasteiger partial charge in [-0.1, -0.05) is 11.6 Å². The Bertz CT molecular complexity index is 540. The molecule has 0 radical (unpaired) electrons. The summed E-state index contributed by atoms with van der Waals surface area (Å²) in [5, 5.41) is 0.619. The average molecular weight is 307 g/mol. The summed E-state index contributed by atoms with van der Waals surface area (Å²) in [5.41, 5.74) is 0.627. The van der Waals surface area contributed by atoms with Gasteiger partial charge >= 0.3 is 0 Å². The van der Waals surface area contributed by atoms with E-state index in [1.165, 1.54) is 12.8 Å². The number of benzene rings is 1. The van der Waals surface area contributed by atoms with Crippen molar-refractivity contribution in [2.24, 2.45) is 5.92 Å². The molecule has 0 atom stereocenters. The molecule has 112 valence electrons. The van der Waals surface area contributed by atoms with E-state index in [-0.39, 0.29) is 11.8 Å². The molecule has 0 bridgehead atoms. The Balaban J connectivity index is 1.64. The van der Waals surface area contributed by atoms with Gasteiger partial charge in [0.15, 0.2) is 0 Å². The lowest BCUT2D eigenvalue weighted by Gasteiger charge is -2.22. The Labute approximate surface area is 129 Å². The van der Waals surface area contributed by atoms with Crippen LogP contribution in [0.2, 0.25) is 5.02 Å². The SMILES string of the molecule is O=C1CCN(C(=O)c2ccc(Cl)cc2)CCN1CC1CC1. The lowest BCUT2D eigenvalue weighted by Crippen LogP contribution is -2.36. The highest BCUT2D eigenvalue weighted by Gasteiger charge is 2.29. The smallest absolute Gasteiger partial charge is 0.253 e. The largest absolute Gasteiger partial charge is 0.341 e. The summed E-state index contributed by atoms with van der Waals surface area (Å²) in [7, 11) is 0. The Morgan fingerprint density at radius 3 is 2.52 bits per heavy atom. The quantitative estimate of drug-likeness (QED) is 0.860. The number of carbonyl (C=O) groups is 2. The number of halogens is 1. The van der Waals surface area contributed by atoms with E-state index in [9.17, 15) is 9.59 Å². The summed E-state index contributed by atoms with van der Waals surface area (Å²) in [4.78, 5) is 28.3. The predicted molar refractivity (Wildman–Crippen MR) is 81.3 cm³/mol. The fourth-order valence-electron chi connectivity index (χ4n) is 2.65. The number of nitrogens with zero attached hydrogens (tertiary/aromatic N) is 2. The van der Waals surface area contributed by atoms with E-state index in [0.29, 0.717) is 42.6 Å². The van der Waals surface area contributed by atoms with Crippen molar-refractivity contribution in [2.75, 3.05) is 26.2 Å². The van der Waals surface area contributed by atoms with E-state index in [1.54, 1.807) is 29.2 Å². The van der Waals surface area contributed by atoms with Crippen LogP contribution in [0.5, 0.6) is 0 Å². The molecule has 1 aromatic carbocycles. The van der Waals surface area contributed by atoms with Crippen LogP contribution in [0.4, 0.5) is 0 Å². The van der Waals surface area contributed by atoms with Gasteiger partial charge in [0.25, 0.3) is 5.91 Å². The van der Waals surface area contributed by atoms with Crippen molar-refractivity contribution in [2.45, 2.75) is 19.3 Å². The molecule has 2 fully saturated rings. The van der Waals surface area contributed by atoms with E-state index in [1.807, 2.05) is 4.90 Å². The van der Waals surface area contributed by atoms with Gasteiger partial charge in [-0.2, -0.15) is 0 Å². The number of hydrogen-bond acceptors (Lipinski definition) is 2. The van der Waals surface area contributed by atoms with Gasteiger partial charge in [-0.05, 0) is 43.0 Å². The zero-order valence-corrected chi connectivity index (χ0v) is 12.7. The normalized spacial score (nSPS) is 19.6. The van der Waals surface area contributed by atoms with Gasteiger partial charge < -0.3 is 9.80 Å². The first-order chi connectivity index (χ1) is 10.1. The van der Waals surface area contributed by atoms with E-state index in [0.717, 1.165) is 6.54 Å². The molecule has 2 aliphatic rings. The van der Waals surface area contributed by atoms with Crippen molar-refractivity contribution in [3.05, 3.63) is 34.9 Å². The molecule has 1 saturated carbocycles. The minimum absolute atomic E-state index is 0.0206. The minimum Gasteiger partial charge on any atom is -0.341 e. The Hall–Kier alpha value is -1.55. The maximum atomic E-state index is 12.5. The standard InChI is InChI=1S/C16H19ClN2O2/c17-14-5-3-13(4-6-14)16(21)18-8-7-15(20)19(10-9-18)11-12-1-2-12/h3-6,12H,1-2,7-11H2. The first-order valence-corrected chi connectivity index (χ1v) is 7.84. The Morgan fingerprint density at radius 2 is 1.86 bits per heavy atom. The molecule has 2 amide bonds. The highest BCUT2D eigenvalue weighted by atomic mass is 35.5. The summed E-state index contributed by atoms with van der Waals surface area (Å²) in [6, 6.07) is 6.91. The van der Waals surface area contributed by atoms with E-state index in [2.05, 4.69) is 0 Å². The lowest BCUT2D eigenvalue weighted by atomic mass is 10.2. The number of carbonyl (C=O) groups excluding carboxylic acids is 2. The average Bonchev–Trinajstić information content (AvgIpc) is 3.30. The molecular formula is C16H19ClN2O2. The molecule has 1 aliphatic heterocycles. The van der Waals surface area contributed by atoms with Crippen LogP contribution in [0.3, 0.4) is 0 Å². The number of hydrogen-bond donors (Lipinski definition) is 0. The Kier molecular flexibility index (Phi) is 4.15. The van der Waals surface area contributed by atoms with Crippen molar-refractivity contribution in [3.8, 4) is 0 Å². The van der Waals surface area contributed by atoms with Crippen LogP contribution in [-0.4, -0.2) is 47.8 Å². The van der Waals surface area contributed by atoms with Crippen molar-refractivity contribution < 1.29 is 9.59 Å². The third kappa shape index (κ3) is 3.56. The van der Waals surface area contributed by atoms with Crippen molar-refractivity contribution in [3.63, 3.8) is 0 Å². The van der Waals surface area contributed by atoms with E-state index < -0.39 is 0 Å². The third-order valence-electron chi connectivity index (χ3n) is 4.14. The molecule has 1 aliphatic carbocycles. The molecule has 1 aromatic rings. The first-order valence-electron chi connectivity index (χ1n) is 7.46. The predicted octanol–water partition coefficient (Wildman–Crippen LogP) is 2.42. The molecule has 0 unspecified atom stereocenters. The Morgan fingerprint density at radius 1 is 1.14 bits per heavy atom. The van der Waals surface area contributed by atoms with Crippen LogP contribution in [0, 0.1) is 5.92 Å². The highest BCUT2D eigenvalue weighted by Crippen LogP contribution is 2.30. The first kappa shape index (κ1) is 14.4. The summed E-state index contributed by atoms with van der Waals surface area (Å²) in [6.45, 7) is 2.62. The number of rotatable bonds is 3. The second-order valence-electron chi connectivity index (χ2n) is 5.83. The van der Waals surface area contributed by atoms with Gasteiger partial charge in [0.05, 0.1) is 0 Å². The van der Waals surface area contributed by atoms with Crippen LogP contribution in [0.25, 0.3) is 0 Å². The minimum atomic E-state index is -0.0206. The highest BCUT2D eigenvalue weighted by molar-refractivity contribution is 6.30. The topological polar surface area (TPSA) is 40.6 Å². The van der Waals surface area contributed by atoms with Crippen molar-refractivity contribution >= 4 is 23.4 Å². The second-order valence-corrected chi connectivity index (χ2v) is 6.27. The molecule has 1 saturated heterocycles. The van der Waals surface area contributed by atoms with Gasteiger partial charge in [0.1, 0.15) is 0 Å². The molecule has 3 rings (SSSR count). The van der Waals surface area contributed by atoms with Crippen molar-refractivity contribution in [1.29, 1.82) is 0 Å². The zero-order chi connectivity index (χ0) is 14.8. The molecule has 1 heterocycles. The zero-order valence-electron chi connectivity index (χ0n) is 11.9. The van der Waals surface area contributed by atoms with Crippen LogP contribution in [0.1, 0.15) is 29.6 Å². The summed E-state index contributed by atoms with van der Waals surface area (Å²) in [5.74, 6) is 0.841. The van der Waals surface area contributed by atoms with Crippen molar-refractivity contribution in [1.82, 2.24) is 9.80 Å². The third-order valence-corrected chi connectivity index (χ3v) is 4.39. The van der Waals surface area contributed by atoms with Crippen LogP contribution in [0.15, 0.2) is 24.3 Å². The van der Waals surface area contributed by atoms with Crippen LogP contribution < -0.4 is 0 Å². The maximum Gasteiger partial charge on any atom is 0.253 e. The second kappa shape index (κ2) is 6.06. The molecule has 0 N–H and O–H groups in total. The van der Waals surface area contributed by atoms with Gasteiger partial charge in [-0.3, -0.25) is 9.59 Å². The number of amides is 2. The molecule has 0 aromatic heterocycles. The maximum absolute atomic E-state index is 12.5.